The maximum absolute atomic E-state index is 8.49. The van der Waals surface area contributed by atoms with Crippen LogP contribution in [0.4, 0.5) is 0 Å². The van der Waals surface area contributed by atoms with Crippen molar-refractivity contribution < 1.29 is 38.2 Å². The van der Waals surface area contributed by atoms with Gasteiger partial charge in [-0.15, -0.1) is 10.2 Å². The van der Waals surface area contributed by atoms with Gasteiger partial charge in [-0.3, -0.25) is 0 Å². The van der Waals surface area contributed by atoms with Crippen LogP contribution in [0.25, 0.3) is 5.57 Å². The highest BCUT2D eigenvalue weighted by molar-refractivity contribution is 6.02. The Labute approximate surface area is 177 Å². The molecule has 2 aliphatic rings. The van der Waals surface area contributed by atoms with E-state index in [4.69, 9.17) is 23.4 Å². The zero-order valence-electron chi connectivity index (χ0n) is 16.4. The number of nitrogens with zero attached hydrogens (tertiary/aromatic N) is 1. The normalized spacial score (nSPS) is 15.0. The number of para-hydroxylation sites is 1. The summed E-state index contributed by atoms with van der Waals surface area (Å²) in [5.41, 5.74) is 5.76. The second-order valence-electron chi connectivity index (χ2n) is 6.71. The number of hydrogen-bond donors (Lipinski definition) is 0. The highest BCUT2D eigenvalue weighted by atomic mass is 35.7. The number of ether oxygens (including phenoxy) is 1. The first kappa shape index (κ1) is 21.7. The second-order valence-corrected chi connectivity index (χ2v) is 7.46. The van der Waals surface area contributed by atoms with Crippen molar-refractivity contribution in [2.24, 2.45) is 0 Å². The number of benzene rings is 2. The quantitative estimate of drug-likeness (QED) is 0.591. The van der Waals surface area contributed by atoms with E-state index >= 15 is 0 Å². The van der Waals surface area contributed by atoms with E-state index in [1.807, 2.05) is 32.3 Å². The summed E-state index contributed by atoms with van der Waals surface area (Å²) in [6.07, 6.45) is 10.6. The molecule has 0 bridgehead atoms. The van der Waals surface area contributed by atoms with Gasteiger partial charge < -0.3 is 4.74 Å². The van der Waals surface area contributed by atoms with E-state index in [1.54, 1.807) is 0 Å². The van der Waals surface area contributed by atoms with Gasteiger partial charge in [0.25, 0.3) is 0 Å². The summed E-state index contributed by atoms with van der Waals surface area (Å²) >= 11 is 0. The molecule has 0 radical (unpaired) electrons. The van der Waals surface area contributed by atoms with Crippen LogP contribution in [0.1, 0.15) is 11.1 Å². The zero-order chi connectivity index (χ0) is 21.7. The van der Waals surface area contributed by atoms with E-state index in [1.165, 1.54) is 16.8 Å². The van der Waals surface area contributed by atoms with Gasteiger partial charge in [0.15, 0.2) is 5.71 Å². The van der Waals surface area contributed by atoms with Crippen molar-refractivity contribution >= 4 is 11.3 Å². The van der Waals surface area contributed by atoms with Crippen molar-refractivity contribution in [1.29, 1.82) is 0 Å². The predicted octanol–water partition coefficient (Wildman–Crippen LogP) is -0.152. The Morgan fingerprint density at radius 1 is 0.767 bits per heavy atom. The predicted molar refractivity (Wildman–Crippen MR) is 103 cm³/mol. The Hall–Kier alpha value is -3.00. The minimum atomic E-state index is -4.94. The Balaban J connectivity index is 0.000000461. The van der Waals surface area contributed by atoms with Crippen molar-refractivity contribution in [1.82, 2.24) is 0 Å². The van der Waals surface area contributed by atoms with Crippen molar-refractivity contribution in [2.75, 3.05) is 14.1 Å². The fourth-order valence-electron chi connectivity index (χ4n) is 3.06. The van der Waals surface area contributed by atoms with Crippen LogP contribution in [-0.4, -0.2) is 24.4 Å². The molecule has 2 aromatic rings. The Morgan fingerprint density at radius 3 is 1.93 bits per heavy atom. The van der Waals surface area contributed by atoms with Gasteiger partial charge in [0.2, 0.25) is 0 Å². The minimum Gasteiger partial charge on any atom is -0.456 e. The molecule has 0 saturated carbocycles. The largest absolute Gasteiger partial charge is 0.456 e. The van der Waals surface area contributed by atoms with Crippen LogP contribution < -0.4 is 23.4 Å². The summed E-state index contributed by atoms with van der Waals surface area (Å²) in [6, 6.07) is 18.7. The first-order chi connectivity index (χ1) is 14.2. The molecular formula is C23H20ClNO5. The topological polar surface area (TPSA) is 104 Å². The molecule has 6 nitrogen and oxygen atoms in total. The summed E-state index contributed by atoms with van der Waals surface area (Å²) in [5.74, 6) is 1.78. The molecule has 0 aromatic heterocycles. The van der Waals surface area contributed by atoms with E-state index < -0.39 is 10.2 Å². The van der Waals surface area contributed by atoms with E-state index in [9.17, 15) is 0 Å². The summed E-state index contributed by atoms with van der Waals surface area (Å²) in [7, 11) is -0.855. The van der Waals surface area contributed by atoms with Crippen molar-refractivity contribution in [3.63, 3.8) is 0 Å². The van der Waals surface area contributed by atoms with Crippen LogP contribution in [-0.2, 0) is 0 Å². The van der Waals surface area contributed by atoms with Gasteiger partial charge in [-0.05, 0) is 35.4 Å². The minimum absolute atomic E-state index is 0.878. The van der Waals surface area contributed by atoms with Crippen molar-refractivity contribution in [3.8, 4) is 5.75 Å². The lowest BCUT2D eigenvalue weighted by atomic mass is 9.93. The Bertz CT molecular complexity index is 1050. The van der Waals surface area contributed by atoms with Crippen LogP contribution in [0.2, 0.25) is 0 Å². The molecule has 0 amide bonds. The molecule has 0 fully saturated rings. The summed E-state index contributed by atoms with van der Waals surface area (Å²) in [4.78, 5) is 0. The van der Waals surface area contributed by atoms with E-state index in [0.29, 0.717) is 0 Å². The third-order valence-electron chi connectivity index (χ3n) is 4.43. The molecule has 1 aliphatic heterocycles. The molecule has 0 saturated heterocycles. The van der Waals surface area contributed by atoms with Crippen LogP contribution in [0.5, 0.6) is 5.75 Å². The monoisotopic (exact) mass is 425 g/mol. The average molecular weight is 426 g/mol. The molecule has 0 atom stereocenters. The SMILES string of the molecule is C[N+](C)=C1C=CC(=C2C=C(c3ccccc3)c3ccccc3O2)C=C1.[O-][Cl+3]([O-])([O-])[O-]. The third kappa shape index (κ3) is 5.76. The lowest BCUT2D eigenvalue weighted by molar-refractivity contribution is -2.00. The molecule has 2 aromatic carbocycles. The molecule has 1 heterocycles. The molecule has 1 aliphatic carbocycles. The fraction of sp³-hybridized carbons (Fsp3) is 0.0870. The average Bonchev–Trinajstić information content (AvgIpc) is 2.72. The van der Waals surface area contributed by atoms with Gasteiger partial charge in [0.05, 0.1) is 0 Å². The molecule has 0 unspecified atom stereocenters. The maximum Gasteiger partial charge on any atom is 0.199 e. The Kier molecular flexibility index (Phi) is 6.66. The van der Waals surface area contributed by atoms with Crippen molar-refractivity contribution in [2.45, 2.75) is 0 Å². The first-order valence-electron chi connectivity index (χ1n) is 9.03. The van der Waals surface area contributed by atoms with Crippen LogP contribution >= 0.6 is 0 Å². The molecule has 0 N–H and O–H groups in total. The van der Waals surface area contributed by atoms with Crippen molar-refractivity contribution in [3.05, 3.63) is 107 Å². The summed E-state index contributed by atoms with van der Waals surface area (Å²) in [5, 5.41) is 0. The second kappa shape index (κ2) is 9.21. The van der Waals surface area contributed by atoms with Gasteiger partial charge in [0, 0.05) is 23.3 Å². The van der Waals surface area contributed by atoms with Gasteiger partial charge >= 0.3 is 0 Å². The van der Waals surface area contributed by atoms with E-state index in [-0.39, 0.29) is 0 Å². The third-order valence-corrected chi connectivity index (χ3v) is 4.43. The first-order valence-corrected chi connectivity index (χ1v) is 10.3. The zero-order valence-corrected chi connectivity index (χ0v) is 17.2. The highest BCUT2D eigenvalue weighted by Gasteiger charge is 2.20. The standard InChI is InChI=1S/C23H20NO.ClHO4/c1-24(2)19-14-12-18(13-15-19)23-16-21(17-8-4-3-5-9-17)20-10-6-7-11-22(20)25-23;2-1(3,4)5/h3-16H,1-2H3;(H,2,3,4,5)/q+1;/p-1. The van der Waals surface area contributed by atoms with Gasteiger partial charge in [-0.1, -0.05) is 48.5 Å². The van der Waals surface area contributed by atoms with Gasteiger partial charge in [-0.25, -0.2) is 23.2 Å². The van der Waals surface area contributed by atoms with Crippen LogP contribution in [0, 0.1) is 10.2 Å². The summed E-state index contributed by atoms with van der Waals surface area (Å²) < 4.78 is 42.3. The lowest BCUT2D eigenvalue weighted by Gasteiger charge is -2.22. The fourth-order valence-corrected chi connectivity index (χ4v) is 3.06. The van der Waals surface area contributed by atoms with E-state index in [0.717, 1.165) is 22.6 Å². The molecule has 7 heteroatoms. The van der Waals surface area contributed by atoms with Crippen LogP contribution in [0.15, 0.2) is 96.3 Å². The molecule has 30 heavy (non-hydrogen) atoms. The number of hydrogen-bond acceptors (Lipinski definition) is 5. The molecule has 154 valence electrons. The lowest BCUT2D eigenvalue weighted by Crippen LogP contribution is -2.68. The number of fused-ring (bicyclic) bond motifs is 1. The van der Waals surface area contributed by atoms with Crippen LogP contribution in [0.3, 0.4) is 0 Å². The highest BCUT2D eigenvalue weighted by Crippen LogP contribution is 2.38. The summed E-state index contributed by atoms with van der Waals surface area (Å²) in [6.45, 7) is 0. The number of rotatable bonds is 1. The van der Waals surface area contributed by atoms with Gasteiger partial charge in [-0.2, -0.15) is 0 Å². The molecule has 4 rings (SSSR count). The van der Waals surface area contributed by atoms with Gasteiger partial charge in [0.1, 0.15) is 25.6 Å². The smallest absolute Gasteiger partial charge is 0.199 e. The molecular weight excluding hydrogens is 406 g/mol. The van der Waals surface area contributed by atoms with E-state index in [2.05, 4.69) is 71.4 Å². The molecule has 0 spiro atoms. The maximum atomic E-state index is 8.49. The number of halogens is 1. The Morgan fingerprint density at radius 2 is 1.33 bits per heavy atom. The number of allylic oxidation sites excluding steroid dienone is 6.